The lowest BCUT2D eigenvalue weighted by molar-refractivity contribution is 0.580. The van der Waals surface area contributed by atoms with Crippen LogP contribution < -0.4 is 4.72 Å². The predicted molar refractivity (Wildman–Crippen MR) is 76.4 cm³/mol. The van der Waals surface area contributed by atoms with Gasteiger partial charge in [-0.2, -0.15) is 0 Å². The van der Waals surface area contributed by atoms with Crippen molar-refractivity contribution in [1.29, 1.82) is 0 Å². The van der Waals surface area contributed by atoms with Crippen molar-refractivity contribution in [2.24, 2.45) is 0 Å². The molecule has 0 atom stereocenters. The van der Waals surface area contributed by atoms with Crippen molar-refractivity contribution in [3.8, 4) is 0 Å². The average molecular weight is 314 g/mol. The fraction of sp³-hybridized carbons (Fsp3) is 0.143. The Kier molecular flexibility index (Phi) is 4.75. The number of halogens is 2. The zero-order valence-electron chi connectivity index (χ0n) is 10.5. The van der Waals surface area contributed by atoms with E-state index in [1.54, 1.807) is 0 Å². The van der Waals surface area contributed by atoms with Crippen LogP contribution in [0.4, 0.5) is 4.39 Å². The van der Waals surface area contributed by atoms with Crippen molar-refractivity contribution in [3.05, 3.63) is 65.5 Å². The highest BCUT2D eigenvalue weighted by Crippen LogP contribution is 2.12. The van der Waals surface area contributed by atoms with Crippen LogP contribution in [-0.4, -0.2) is 8.42 Å². The lowest BCUT2D eigenvalue weighted by atomic mass is 10.1. The molecule has 0 amide bonds. The van der Waals surface area contributed by atoms with Crippen molar-refractivity contribution in [2.45, 2.75) is 17.3 Å². The highest BCUT2D eigenvalue weighted by Gasteiger charge is 2.13. The summed E-state index contributed by atoms with van der Waals surface area (Å²) in [6, 6.07) is 12.0. The van der Waals surface area contributed by atoms with E-state index in [0.29, 0.717) is 5.88 Å². The van der Waals surface area contributed by atoms with Gasteiger partial charge in [0.05, 0.1) is 4.90 Å². The first-order valence-electron chi connectivity index (χ1n) is 5.90. The molecule has 20 heavy (non-hydrogen) atoms. The fourth-order valence-corrected chi connectivity index (χ4v) is 2.88. The quantitative estimate of drug-likeness (QED) is 0.862. The zero-order chi connectivity index (χ0) is 14.6. The van der Waals surface area contributed by atoms with E-state index < -0.39 is 15.8 Å². The molecule has 0 radical (unpaired) electrons. The van der Waals surface area contributed by atoms with Crippen LogP contribution in [0, 0.1) is 5.82 Å². The third-order valence-electron chi connectivity index (χ3n) is 2.74. The van der Waals surface area contributed by atoms with Crippen LogP contribution in [0.5, 0.6) is 0 Å². The number of benzene rings is 2. The molecule has 2 rings (SSSR count). The summed E-state index contributed by atoms with van der Waals surface area (Å²) in [4.78, 5) is 0.0346. The maximum Gasteiger partial charge on any atom is 0.240 e. The van der Waals surface area contributed by atoms with Crippen LogP contribution in [0.1, 0.15) is 11.1 Å². The summed E-state index contributed by atoms with van der Waals surface area (Å²) in [5.41, 5.74) is 1.74. The molecule has 106 valence electrons. The Morgan fingerprint density at radius 3 is 2.35 bits per heavy atom. The first-order chi connectivity index (χ1) is 9.51. The molecule has 2 aromatic carbocycles. The van der Waals surface area contributed by atoms with E-state index in [-0.39, 0.29) is 11.4 Å². The van der Waals surface area contributed by atoms with Gasteiger partial charge in [0, 0.05) is 12.4 Å². The Hall–Kier alpha value is -1.43. The Morgan fingerprint density at radius 2 is 1.70 bits per heavy atom. The van der Waals surface area contributed by atoms with Gasteiger partial charge in [-0.15, -0.1) is 11.6 Å². The predicted octanol–water partition coefficient (Wildman–Crippen LogP) is 3.04. The molecule has 0 aliphatic carbocycles. The SMILES string of the molecule is O=S(=O)(NCc1cccc(CCl)c1)c1ccc(F)cc1. The summed E-state index contributed by atoms with van der Waals surface area (Å²) in [5.74, 6) is -0.0998. The molecule has 0 spiro atoms. The third-order valence-corrected chi connectivity index (χ3v) is 4.46. The highest BCUT2D eigenvalue weighted by molar-refractivity contribution is 7.89. The van der Waals surface area contributed by atoms with Crippen LogP contribution in [0.2, 0.25) is 0 Å². The normalized spacial score (nSPS) is 11.5. The van der Waals surface area contributed by atoms with Crippen molar-refractivity contribution in [2.75, 3.05) is 0 Å². The lowest BCUT2D eigenvalue weighted by Gasteiger charge is -2.07. The minimum absolute atomic E-state index is 0.0346. The third kappa shape index (κ3) is 3.79. The molecular weight excluding hydrogens is 301 g/mol. The molecule has 0 saturated heterocycles. The van der Waals surface area contributed by atoms with Crippen LogP contribution in [0.15, 0.2) is 53.4 Å². The van der Waals surface area contributed by atoms with Gasteiger partial charge in [-0.05, 0) is 35.4 Å². The molecular formula is C14H13ClFNO2S. The van der Waals surface area contributed by atoms with Gasteiger partial charge in [0.15, 0.2) is 0 Å². The van der Waals surface area contributed by atoms with Gasteiger partial charge in [-0.1, -0.05) is 24.3 Å². The van der Waals surface area contributed by atoms with Gasteiger partial charge in [0.25, 0.3) is 0 Å². The summed E-state index contributed by atoms with van der Waals surface area (Å²) < 4.78 is 39.3. The lowest BCUT2D eigenvalue weighted by Crippen LogP contribution is -2.23. The van der Waals surface area contributed by atoms with Gasteiger partial charge in [-0.3, -0.25) is 0 Å². The minimum Gasteiger partial charge on any atom is -0.207 e. The van der Waals surface area contributed by atoms with E-state index in [1.165, 1.54) is 12.1 Å². The van der Waals surface area contributed by atoms with E-state index in [4.69, 9.17) is 11.6 Å². The van der Waals surface area contributed by atoms with Gasteiger partial charge < -0.3 is 0 Å². The molecule has 0 heterocycles. The van der Waals surface area contributed by atoms with Crippen LogP contribution in [-0.2, 0) is 22.4 Å². The first-order valence-corrected chi connectivity index (χ1v) is 7.92. The molecule has 3 nitrogen and oxygen atoms in total. The second-order valence-corrected chi connectivity index (χ2v) is 6.27. The molecule has 1 N–H and O–H groups in total. The maximum absolute atomic E-state index is 12.8. The number of sulfonamides is 1. The Bertz CT molecular complexity index is 687. The number of rotatable bonds is 5. The number of hydrogen-bond donors (Lipinski definition) is 1. The first kappa shape index (κ1) is 15.0. The smallest absolute Gasteiger partial charge is 0.207 e. The van der Waals surface area contributed by atoms with Crippen molar-refractivity contribution in [1.82, 2.24) is 4.72 Å². The molecule has 0 aliphatic heterocycles. The second-order valence-electron chi connectivity index (χ2n) is 4.23. The molecule has 0 saturated carbocycles. The Labute approximate surface area is 122 Å². The van der Waals surface area contributed by atoms with E-state index in [9.17, 15) is 12.8 Å². The van der Waals surface area contributed by atoms with Crippen LogP contribution in [0.3, 0.4) is 0 Å². The Balaban J connectivity index is 2.10. The van der Waals surface area contributed by atoms with Crippen molar-refractivity contribution < 1.29 is 12.8 Å². The summed E-state index contributed by atoms with van der Waals surface area (Å²) >= 11 is 5.73. The van der Waals surface area contributed by atoms with Crippen LogP contribution in [0.25, 0.3) is 0 Å². The number of alkyl halides is 1. The van der Waals surface area contributed by atoms with Gasteiger partial charge >= 0.3 is 0 Å². The van der Waals surface area contributed by atoms with Crippen LogP contribution >= 0.6 is 11.6 Å². The molecule has 0 bridgehead atoms. The summed E-state index contributed by atoms with van der Waals surface area (Å²) in [5, 5.41) is 0. The standard InChI is InChI=1S/C14H13ClFNO2S/c15-9-11-2-1-3-12(8-11)10-17-20(18,19)14-6-4-13(16)5-7-14/h1-8,17H,9-10H2. The molecule has 0 unspecified atom stereocenters. The number of hydrogen-bond acceptors (Lipinski definition) is 2. The molecule has 0 aliphatic rings. The van der Waals surface area contributed by atoms with Crippen molar-refractivity contribution >= 4 is 21.6 Å². The minimum atomic E-state index is -3.64. The number of nitrogens with one attached hydrogen (secondary N) is 1. The molecule has 6 heteroatoms. The highest BCUT2D eigenvalue weighted by atomic mass is 35.5. The van der Waals surface area contributed by atoms with Gasteiger partial charge in [0.2, 0.25) is 10.0 Å². The summed E-state index contributed by atoms with van der Waals surface area (Å²) in [6.45, 7) is 0.157. The molecule has 0 aromatic heterocycles. The monoisotopic (exact) mass is 313 g/mol. The largest absolute Gasteiger partial charge is 0.240 e. The van der Waals surface area contributed by atoms with E-state index in [2.05, 4.69) is 4.72 Å². The molecule has 2 aromatic rings. The van der Waals surface area contributed by atoms with E-state index in [0.717, 1.165) is 23.3 Å². The summed E-state index contributed by atoms with van der Waals surface area (Å²) in [7, 11) is -3.64. The van der Waals surface area contributed by atoms with Gasteiger partial charge in [0.1, 0.15) is 5.82 Å². The fourth-order valence-electron chi connectivity index (χ4n) is 1.70. The zero-order valence-corrected chi connectivity index (χ0v) is 12.1. The second kappa shape index (κ2) is 6.35. The topological polar surface area (TPSA) is 46.2 Å². The van der Waals surface area contributed by atoms with E-state index >= 15 is 0 Å². The van der Waals surface area contributed by atoms with E-state index in [1.807, 2.05) is 24.3 Å². The maximum atomic E-state index is 12.8. The molecule has 0 fully saturated rings. The Morgan fingerprint density at radius 1 is 1.05 bits per heavy atom. The average Bonchev–Trinajstić information content (AvgIpc) is 2.46. The van der Waals surface area contributed by atoms with Gasteiger partial charge in [-0.25, -0.2) is 17.5 Å². The van der Waals surface area contributed by atoms with Crippen molar-refractivity contribution in [3.63, 3.8) is 0 Å². The summed E-state index contributed by atoms with van der Waals surface area (Å²) in [6.07, 6.45) is 0.